The van der Waals surface area contributed by atoms with Gasteiger partial charge in [-0.25, -0.2) is 4.98 Å². The topological polar surface area (TPSA) is 119 Å². The molecule has 35 heavy (non-hydrogen) atoms. The molecule has 0 spiro atoms. The zero-order chi connectivity index (χ0) is 24.9. The number of amides is 2. The van der Waals surface area contributed by atoms with Crippen molar-refractivity contribution in [2.24, 2.45) is 5.73 Å². The number of H-pyrrole nitrogens is 1. The molecule has 0 saturated heterocycles. The third-order valence-electron chi connectivity index (χ3n) is 5.18. The van der Waals surface area contributed by atoms with Crippen molar-refractivity contribution in [2.75, 3.05) is 0 Å². The Labute approximate surface area is 211 Å². The number of benzene rings is 3. The molecule has 1 aromatic heterocycles. The first-order chi connectivity index (χ1) is 16.8. The van der Waals surface area contributed by atoms with E-state index >= 15 is 0 Å². The lowest BCUT2D eigenvalue weighted by Gasteiger charge is -2.15. The highest BCUT2D eigenvalue weighted by atomic mass is 35.5. The number of hydrogen-bond donors (Lipinski definition) is 3. The molecule has 1 atom stereocenters. The van der Waals surface area contributed by atoms with E-state index in [0.717, 1.165) is 11.0 Å². The van der Waals surface area contributed by atoms with Crippen LogP contribution in [0.15, 0.2) is 60.7 Å². The standard InChI is InChI=1S/C25H22Cl2N4O4/c1-14(24(28)32)29-25(33)15-7-9-21(35-13-23-30-19-4-2-3-5-20(19)31-23)22(10-15)34-12-16-6-8-17(26)11-18(16)27/h2-11,14H,12-13H2,1H3,(H2,28,32)(H,29,33)(H,30,31). The summed E-state index contributed by atoms with van der Waals surface area (Å²) in [7, 11) is 0. The fourth-order valence-corrected chi connectivity index (χ4v) is 3.71. The number of nitrogens with zero attached hydrogens (tertiary/aromatic N) is 1. The van der Waals surface area contributed by atoms with Gasteiger partial charge in [0.05, 0.1) is 11.0 Å². The number of para-hydroxylation sites is 2. The molecule has 180 valence electrons. The molecule has 10 heteroatoms. The molecule has 0 radical (unpaired) electrons. The quantitative estimate of drug-likeness (QED) is 0.302. The number of nitrogens with two attached hydrogens (primary N) is 1. The molecular formula is C25H22Cl2N4O4. The van der Waals surface area contributed by atoms with Crippen LogP contribution in [0.2, 0.25) is 10.0 Å². The van der Waals surface area contributed by atoms with Gasteiger partial charge in [0.25, 0.3) is 5.91 Å². The number of aromatic amines is 1. The van der Waals surface area contributed by atoms with Crippen LogP contribution in [0.1, 0.15) is 28.7 Å². The van der Waals surface area contributed by atoms with Gasteiger partial charge < -0.3 is 25.5 Å². The monoisotopic (exact) mass is 512 g/mol. The summed E-state index contributed by atoms with van der Waals surface area (Å²) in [6, 6.07) is 16.6. The second kappa shape index (κ2) is 10.7. The molecule has 0 bridgehead atoms. The SMILES string of the molecule is CC(NC(=O)c1ccc(OCc2nc3ccccc3[nH]2)c(OCc2ccc(Cl)cc2Cl)c1)C(N)=O. The fourth-order valence-electron chi connectivity index (χ4n) is 3.25. The van der Waals surface area contributed by atoms with Crippen LogP contribution < -0.4 is 20.5 Å². The molecule has 2 amide bonds. The molecule has 0 aliphatic rings. The minimum atomic E-state index is -0.830. The number of primary amides is 1. The van der Waals surface area contributed by atoms with E-state index in [2.05, 4.69) is 15.3 Å². The van der Waals surface area contributed by atoms with Gasteiger partial charge in [0.2, 0.25) is 5.91 Å². The maximum Gasteiger partial charge on any atom is 0.252 e. The number of rotatable bonds is 9. The van der Waals surface area contributed by atoms with E-state index in [4.69, 9.17) is 38.4 Å². The first-order valence-electron chi connectivity index (χ1n) is 10.7. The summed E-state index contributed by atoms with van der Waals surface area (Å²) in [5.74, 6) is 0.226. The van der Waals surface area contributed by atoms with Crippen molar-refractivity contribution in [3.8, 4) is 11.5 Å². The zero-order valence-electron chi connectivity index (χ0n) is 18.7. The highest BCUT2D eigenvalue weighted by Crippen LogP contribution is 2.31. The Balaban J connectivity index is 1.56. The Kier molecular flexibility index (Phi) is 7.43. The number of halogens is 2. The van der Waals surface area contributed by atoms with E-state index in [-0.39, 0.29) is 18.8 Å². The first kappa shape index (κ1) is 24.4. The molecule has 3 aromatic carbocycles. The zero-order valence-corrected chi connectivity index (χ0v) is 20.2. The predicted molar refractivity (Wildman–Crippen MR) is 134 cm³/mol. The average molecular weight is 513 g/mol. The fraction of sp³-hybridized carbons (Fsp3) is 0.160. The van der Waals surface area contributed by atoms with Crippen LogP contribution in [0.4, 0.5) is 0 Å². The van der Waals surface area contributed by atoms with Gasteiger partial charge in [-0.3, -0.25) is 9.59 Å². The van der Waals surface area contributed by atoms with Gasteiger partial charge in [-0.2, -0.15) is 0 Å². The van der Waals surface area contributed by atoms with E-state index in [1.807, 2.05) is 24.3 Å². The molecule has 0 aliphatic carbocycles. The maximum absolute atomic E-state index is 12.6. The van der Waals surface area contributed by atoms with Crippen molar-refractivity contribution >= 4 is 46.0 Å². The summed E-state index contributed by atoms with van der Waals surface area (Å²) in [5, 5.41) is 3.50. The molecule has 8 nitrogen and oxygen atoms in total. The number of ether oxygens (including phenoxy) is 2. The lowest BCUT2D eigenvalue weighted by atomic mass is 10.1. The Morgan fingerprint density at radius 3 is 2.54 bits per heavy atom. The van der Waals surface area contributed by atoms with Crippen molar-refractivity contribution in [1.29, 1.82) is 0 Å². The van der Waals surface area contributed by atoms with Crippen molar-refractivity contribution in [3.63, 3.8) is 0 Å². The number of aromatic nitrogens is 2. The lowest BCUT2D eigenvalue weighted by Crippen LogP contribution is -2.42. The Morgan fingerprint density at radius 2 is 1.80 bits per heavy atom. The van der Waals surface area contributed by atoms with E-state index in [0.29, 0.717) is 32.9 Å². The Hall–Kier alpha value is -3.75. The third-order valence-corrected chi connectivity index (χ3v) is 5.77. The van der Waals surface area contributed by atoms with Gasteiger partial charge in [0.15, 0.2) is 11.5 Å². The Morgan fingerprint density at radius 1 is 1.03 bits per heavy atom. The normalized spacial score (nSPS) is 11.7. The molecule has 1 unspecified atom stereocenters. The molecule has 4 aromatic rings. The molecule has 4 N–H and O–H groups in total. The van der Waals surface area contributed by atoms with Crippen LogP contribution in [0.3, 0.4) is 0 Å². The number of hydrogen-bond acceptors (Lipinski definition) is 5. The second-order valence-electron chi connectivity index (χ2n) is 7.77. The molecule has 0 aliphatic heterocycles. The number of carbonyl (C=O) groups excluding carboxylic acids is 2. The van der Waals surface area contributed by atoms with Crippen molar-refractivity contribution < 1.29 is 19.1 Å². The summed E-state index contributed by atoms with van der Waals surface area (Å²) in [6.07, 6.45) is 0. The van der Waals surface area contributed by atoms with Crippen LogP contribution in [0, 0.1) is 0 Å². The summed E-state index contributed by atoms with van der Waals surface area (Å²) < 4.78 is 11.9. The van der Waals surface area contributed by atoms with Crippen LogP contribution >= 0.6 is 23.2 Å². The molecule has 4 rings (SSSR count). The summed E-state index contributed by atoms with van der Waals surface area (Å²) >= 11 is 12.2. The smallest absolute Gasteiger partial charge is 0.252 e. The van der Waals surface area contributed by atoms with Gasteiger partial charge >= 0.3 is 0 Å². The van der Waals surface area contributed by atoms with Gasteiger partial charge in [-0.1, -0.05) is 41.4 Å². The summed E-state index contributed by atoms with van der Waals surface area (Å²) in [5.41, 5.74) is 7.95. The van der Waals surface area contributed by atoms with Gasteiger partial charge in [-0.05, 0) is 49.4 Å². The minimum Gasteiger partial charge on any atom is -0.485 e. The highest BCUT2D eigenvalue weighted by molar-refractivity contribution is 6.35. The van der Waals surface area contributed by atoms with E-state index < -0.39 is 17.9 Å². The van der Waals surface area contributed by atoms with Crippen molar-refractivity contribution in [1.82, 2.24) is 15.3 Å². The molecule has 0 saturated carbocycles. The number of carbonyl (C=O) groups is 2. The predicted octanol–water partition coefficient (Wildman–Crippen LogP) is 4.63. The maximum atomic E-state index is 12.6. The summed E-state index contributed by atoms with van der Waals surface area (Å²) in [4.78, 5) is 31.6. The minimum absolute atomic E-state index is 0.111. The van der Waals surface area contributed by atoms with Crippen molar-refractivity contribution in [2.45, 2.75) is 26.2 Å². The second-order valence-corrected chi connectivity index (χ2v) is 8.62. The van der Waals surface area contributed by atoms with Crippen LogP contribution in [-0.4, -0.2) is 27.8 Å². The van der Waals surface area contributed by atoms with E-state index in [9.17, 15) is 9.59 Å². The Bertz CT molecular complexity index is 1360. The largest absolute Gasteiger partial charge is 0.485 e. The molecular weight excluding hydrogens is 491 g/mol. The van der Waals surface area contributed by atoms with Crippen molar-refractivity contribution in [3.05, 3.63) is 87.7 Å². The summed E-state index contributed by atoms with van der Waals surface area (Å²) in [6.45, 7) is 1.77. The van der Waals surface area contributed by atoms with Gasteiger partial charge in [0, 0.05) is 21.2 Å². The van der Waals surface area contributed by atoms with Crippen LogP contribution in [0.5, 0.6) is 11.5 Å². The molecule has 1 heterocycles. The molecule has 0 fully saturated rings. The van der Waals surface area contributed by atoms with Gasteiger partial charge in [0.1, 0.15) is 25.1 Å². The number of fused-ring (bicyclic) bond motifs is 1. The lowest BCUT2D eigenvalue weighted by molar-refractivity contribution is -0.119. The van der Waals surface area contributed by atoms with E-state index in [1.165, 1.54) is 13.0 Å². The number of imidazole rings is 1. The number of nitrogens with one attached hydrogen (secondary N) is 2. The average Bonchev–Trinajstić information content (AvgIpc) is 3.25. The third kappa shape index (κ3) is 6.03. The van der Waals surface area contributed by atoms with Crippen LogP contribution in [0.25, 0.3) is 11.0 Å². The highest BCUT2D eigenvalue weighted by Gasteiger charge is 2.17. The van der Waals surface area contributed by atoms with E-state index in [1.54, 1.807) is 30.3 Å². The van der Waals surface area contributed by atoms with Gasteiger partial charge in [-0.15, -0.1) is 0 Å². The first-order valence-corrected chi connectivity index (χ1v) is 11.4. The van der Waals surface area contributed by atoms with Crippen LogP contribution in [-0.2, 0) is 18.0 Å².